The minimum atomic E-state index is -4.43. The molecular weight excluding hydrogens is 408 g/mol. The van der Waals surface area contributed by atoms with Gasteiger partial charge < -0.3 is 9.71 Å². The van der Waals surface area contributed by atoms with Gasteiger partial charge in [-0.15, -0.1) is 0 Å². The summed E-state index contributed by atoms with van der Waals surface area (Å²) in [5.74, 6) is 0. The molecule has 0 bridgehead atoms. The standard InChI is InChI=1S/C16H11Cl2F3N4S/c17-10-3-9-7-25(6-8-1-2-12(22-4-8)16(19,20)21)26-24-14(9)15-13(10)11(18)5-23-15/h1-5,23-24H,6-7H2. The number of fused-ring (bicyclic) bond motifs is 3. The molecule has 26 heavy (non-hydrogen) atoms. The van der Waals surface area contributed by atoms with E-state index in [2.05, 4.69) is 14.7 Å². The number of aromatic amines is 1. The van der Waals surface area contributed by atoms with Gasteiger partial charge in [-0.2, -0.15) is 13.2 Å². The van der Waals surface area contributed by atoms with Crippen molar-refractivity contribution in [2.24, 2.45) is 0 Å². The molecule has 0 saturated heterocycles. The summed E-state index contributed by atoms with van der Waals surface area (Å²) >= 11 is 13.9. The van der Waals surface area contributed by atoms with Crippen molar-refractivity contribution < 1.29 is 13.2 Å². The molecule has 1 aliphatic heterocycles. The van der Waals surface area contributed by atoms with E-state index in [9.17, 15) is 13.2 Å². The SMILES string of the molecule is FC(F)(F)c1ccc(CN2Cc3cc(Cl)c4c(Cl)c[nH]c4c3NS2)cn1. The summed E-state index contributed by atoms with van der Waals surface area (Å²) in [6.07, 6.45) is -1.50. The van der Waals surface area contributed by atoms with Crippen molar-refractivity contribution in [2.45, 2.75) is 19.3 Å². The molecule has 0 saturated carbocycles. The summed E-state index contributed by atoms with van der Waals surface area (Å²) in [5, 5.41) is 1.87. The number of benzene rings is 1. The molecule has 3 aromatic rings. The van der Waals surface area contributed by atoms with E-state index in [0.29, 0.717) is 28.7 Å². The maximum absolute atomic E-state index is 12.6. The highest BCUT2D eigenvalue weighted by molar-refractivity contribution is 7.98. The Kier molecular flexibility index (Phi) is 4.46. The number of halogens is 5. The summed E-state index contributed by atoms with van der Waals surface area (Å²) in [5.41, 5.74) is 2.50. The molecule has 4 rings (SSSR count). The van der Waals surface area contributed by atoms with Crippen LogP contribution in [0, 0.1) is 0 Å². The summed E-state index contributed by atoms with van der Waals surface area (Å²) in [7, 11) is 0. The topological polar surface area (TPSA) is 44.0 Å². The molecule has 0 radical (unpaired) electrons. The first-order chi connectivity index (χ1) is 12.3. The van der Waals surface area contributed by atoms with Crippen molar-refractivity contribution in [3.05, 3.63) is 57.5 Å². The summed E-state index contributed by atoms with van der Waals surface area (Å²) in [6.45, 7) is 1.00. The molecule has 2 N–H and O–H groups in total. The molecule has 2 aromatic heterocycles. The molecule has 0 unspecified atom stereocenters. The van der Waals surface area contributed by atoms with E-state index in [4.69, 9.17) is 23.2 Å². The Balaban J connectivity index is 1.55. The van der Waals surface area contributed by atoms with E-state index in [1.165, 1.54) is 24.4 Å². The molecule has 0 fully saturated rings. The second-order valence-electron chi connectivity index (χ2n) is 5.82. The van der Waals surface area contributed by atoms with E-state index >= 15 is 0 Å². The van der Waals surface area contributed by atoms with Crippen LogP contribution in [0.3, 0.4) is 0 Å². The van der Waals surface area contributed by atoms with Gasteiger partial charge >= 0.3 is 6.18 Å². The van der Waals surface area contributed by atoms with E-state index in [0.717, 1.165) is 28.2 Å². The Labute approximate surface area is 160 Å². The fraction of sp³-hybridized carbons (Fsp3) is 0.188. The molecule has 1 aliphatic rings. The lowest BCUT2D eigenvalue weighted by Crippen LogP contribution is -2.22. The average molecular weight is 419 g/mol. The third kappa shape index (κ3) is 3.22. The van der Waals surface area contributed by atoms with Gasteiger partial charge in [0, 0.05) is 43.0 Å². The van der Waals surface area contributed by atoms with Crippen molar-refractivity contribution in [2.75, 3.05) is 4.72 Å². The zero-order chi connectivity index (χ0) is 18.5. The van der Waals surface area contributed by atoms with Crippen LogP contribution in [0.1, 0.15) is 16.8 Å². The summed E-state index contributed by atoms with van der Waals surface area (Å²) in [6, 6.07) is 4.28. The quantitative estimate of drug-likeness (QED) is 0.510. The number of nitrogens with one attached hydrogen (secondary N) is 2. The number of rotatable bonds is 2. The van der Waals surface area contributed by atoms with Crippen molar-refractivity contribution in [3.63, 3.8) is 0 Å². The monoisotopic (exact) mass is 418 g/mol. The highest BCUT2D eigenvalue weighted by Crippen LogP contribution is 2.41. The molecular formula is C16H11Cl2F3N4S. The molecule has 0 atom stereocenters. The molecule has 1 aromatic carbocycles. The molecule has 0 spiro atoms. The predicted octanol–water partition coefficient (Wildman–Crippen LogP) is 5.88. The van der Waals surface area contributed by atoms with Crippen LogP contribution >= 0.6 is 35.3 Å². The summed E-state index contributed by atoms with van der Waals surface area (Å²) < 4.78 is 43.0. The average Bonchev–Trinajstić information content (AvgIpc) is 2.97. The smallest absolute Gasteiger partial charge is 0.358 e. The van der Waals surface area contributed by atoms with Gasteiger partial charge in [-0.05, 0) is 23.3 Å². The Bertz CT molecular complexity index is 972. The first-order valence-electron chi connectivity index (χ1n) is 7.51. The largest absolute Gasteiger partial charge is 0.433 e. The van der Waals surface area contributed by atoms with Gasteiger partial charge in [0.1, 0.15) is 5.69 Å². The lowest BCUT2D eigenvalue weighted by atomic mass is 10.1. The first kappa shape index (κ1) is 17.8. The molecule has 136 valence electrons. The van der Waals surface area contributed by atoms with E-state index < -0.39 is 11.9 Å². The fourth-order valence-electron chi connectivity index (χ4n) is 2.84. The number of hydrogen-bond acceptors (Lipinski definition) is 4. The van der Waals surface area contributed by atoms with Crippen LogP contribution in [0.15, 0.2) is 30.6 Å². The minimum absolute atomic E-state index is 0.434. The molecule has 0 amide bonds. The van der Waals surface area contributed by atoms with Gasteiger partial charge in [-0.25, -0.2) is 4.31 Å². The van der Waals surface area contributed by atoms with Gasteiger partial charge in [0.05, 0.1) is 21.2 Å². The number of pyridine rings is 1. The lowest BCUT2D eigenvalue weighted by molar-refractivity contribution is -0.141. The van der Waals surface area contributed by atoms with Gasteiger partial charge in [-0.3, -0.25) is 4.98 Å². The predicted molar refractivity (Wildman–Crippen MR) is 98.0 cm³/mol. The van der Waals surface area contributed by atoms with Crippen LogP contribution < -0.4 is 4.72 Å². The summed E-state index contributed by atoms with van der Waals surface area (Å²) in [4.78, 5) is 6.61. The van der Waals surface area contributed by atoms with Crippen molar-refractivity contribution >= 4 is 51.9 Å². The number of nitrogens with zero attached hydrogens (tertiary/aromatic N) is 2. The highest BCUT2D eigenvalue weighted by atomic mass is 35.5. The Morgan fingerprint density at radius 2 is 2.04 bits per heavy atom. The number of H-pyrrole nitrogens is 1. The number of hydrogen-bond donors (Lipinski definition) is 2. The zero-order valence-electron chi connectivity index (χ0n) is 13.0. The second-order valence-corrected chi connectivity index (χ2v) is 7.54. The molecule has 10 heteroatoms. The number of aromatic nitrogens is 2. The number of anilines is 1. The zero-order valence-corrected chi connectivity index (χ0v) is 15.3. The fourth-order valence-corrected chi connectivity index (χ4v) is 4.34. The van der Waals surface area contributed by atoms with E-state index in [1.54, 1.807) is 6.20 Å². The first-order valence-corrected chi connectivity index (χ1v) is 9.04. The molecule has 0 aliphatic carbocycles. The second kappa shape index (κ2) is 6.53. The van der Waals surface area contributed by atoms with Crippen LogP contribution in [-0.2, 0) is 19.3 Å². The molecule has 3 heterocycles. The lowest BCUT2D eigenvalue weighted by Gasteiger charge is -2.28. The van der Waals surface area contributed by atoms with Crippen molar-refractivity contribution in [1.82, 2.24) is 14.3 Å². The Morgan fingerprint density at radius 1 is 1.23 bits per heavy atom. The van der Waals surface area contributed by atoms with Crippen LogP contribution in [0.4, 0.5) is 18.9 Å². The maximum Gasteiger partial charge on any atom is 0.433 e. The van der Waals surface area contributed by atoms with E-state index in [-0.39, 0.29) is 0 Å². The maximum atomic E-state index is 12.6. The van der Waals surface area contributed by atoms with Crippen LogP contribution in [0.5, 0.6) is 0 Å². The normalized spacial score (nSPS) is 15.1. The van der Waals surface area contributed by atoms with Crippen LogP contribution in [0.25, 0.3) is 10.9 Å². The van der Waals surface area contributed by atoms with Crippen molar-refractivity contribution in [3.8, 4) is 0 Å². The molecule has 4 nitrogen and oxygen atoms in total. The highest BCUT2D eigenvalue weighted by Gasteiger charge is 2.32. The van der Waals surface area contributed by atoms with Gasteiger partial charge in [-0.1, -0.05) is 29.3 Å². The van der Waals surface area contributed by atoms with Crippen LogP contribution in [-0.4, -0.2) is 14.3 Å². The van der Waals surface area contributed by atoms with Gasteiger partial charge in [0.15, 0.2) is 0 Å². The minimum Gasteiger partial charge on any atom is -0.358 e. The Morgan fingerprint density at radius 3 is 2.73 bits per heavy atom. The van der Waals surface area contributed by atoms with Crippen molar-refractivity contribution in [1.29, 1.82) is 0 Å². The van der Waals surface area contributed by atoms with E-state index in [1.807, 2.05) is 10.4 Å². The Hall–Kier alpha value is -1.61. The third-order valence-corrected chi connectivity index (χ3v) is 5.45. The van der Waals surface area contributed by atoms with Gasteiger partial charge in [0.2, 0.25) is 0 Å². The third-order valence-electron chi connectivity index (χ3n) is 4.04. The van der Waals surface area contributed by atoms with Gasteiger partial charge in [0.25, 0.3) is 0 Å². The number of alkyl halides is 3. The van der Waals surface area contributed by atoms with Crippen LogP contribution in [0.2, 0.25) is 10.0 Å².